The van der Waals surface area contributed by atoms with Crippen LogP contribution in [0.25, 0.3) is 0 Å². The van der Waals surface area contributed by atoms with Crippen LogP contribution in [-0.2, 0) is 11.2 Å². The molecule has 0 aliphatic carbocycles. The molecule has 1 aromatic rings. The number of aryl methyl sites for hydroxylation is 1. The largest absolute Gasteiger partial charge is 0.450 e. The molecule has 0 fully saturated rings. The Morgan fingerprint density at radius 1 is 1.73 bits per heavy atom. The van der Waals surface area contributed by atoms with E-state index in [4.69, 9.17) is 4.74 Å². The normalized spacial score (nSPS) is 9.60. The van der Waals surface area contributed by atoms with Crippen molar-refractivity contribution in [2.75, 3.05) is 13.2 Å². The Morgan fingerprint density at radius 3 is 3.27 bits per heavy atom. The highest BCUT2D eigenvalue weighted by Crippen LogP contribution is 1.96. The van der Waals surface area contributed by atoms with Crippen molar-refractivity contribution in [3.63, 3.8) is 0 Å². The van der Waals surface area contributed by atoms with Gasteiger partial charge in [-0.25, -0.2) is 9.78 Å². The summed E-state index contributed by atoms with van der Waals surface area (Å²) >= 11 is 0. The van der Waals surface area contributed by atoms with Gasteiger partial charge in [-0.3, -0.25) is 0 Å². The number of nitrogens with one attached hydrogen (secondary N) is 2. The van der Waals surface area contributed by atoms with Gasteiger partial charge in [0.05, 0.1) is 12.9 Å². The first-order valence-electron chi connectivity index (χ1n) is 4.81. The molecular formula is C10H15N3O2. The summed E-state index contributed by atoms with van der Waals surface area (Å²) in [6.45, 7) is 4.32. The molecule has 0 spiro atoms. The molecule has 1 heterocycles. The third-order valence-corrected chi connectivity index (χ3v) is 1.77. The number of hydrogen-bond donors (Lipinski definition) is 2. The highest BCUT2D eigenvalue weighted by atomic mass is 16.5. The van der Waals surface area contributed by atoms with Gasteiger partial charge in [0.15, 0.2) is 0 Å². The fourth-order valence-electron chi connectivity index (χ4n) is 1.06. The first kappa shape index (κ1) is 11.3. The van der Waals surface area contributed by atoms with Crippen molar-refractivity contribution in [1.29, 1.82) is 0 Å². The fraction of sp³-hybridized carbons (Fsp3) is 0.400. The standard InChI is InChI=1S/C10H15N3O2/c1-2-5-12-10(14)15-6-3-4-9-7-11-8-13-9/h2,7-8H,1,3-6H2,(H,11,13)(H,12,14). The molecule has 82 valence electrons. The Labute approximate surface area is 88.6 Å². The minimum atomic E-state index is -0.403. The molecule has 5 nitrogen and oxygen atoms in total. The molecule has 1 rings (SSSR count). The molecule has 5 heteroatoms. The topological polar surface area (TPSA) is 67.0 Å². The SMILES string of the molecule is C=CCNC(=O)OCCCc1cnc[nH]1. The summed E-state index contributed by atoms with van der Waals surface area (Å²) in [6.07, 6.45) is 6.20. The van der Waals surface area contributed by atoms with Crippen LogP contribution in [-0.4, -0.2) is 29.2 Å². The van der Waals surface area contributed by atoms with E-state index in [1.54, 1.807) is 18.6 Å². The maximum atomic E-state index is 11.0. The second-order valence-corrected chi connectivity index (χ2v) is 2.99. The molecule has 0 aliphatic heterocycles. The van der Waals surface area contributed by atoms with Gasteiger partial charge in [-0.1, -0.05) is 6.08 Å². The monoisotopic (exact) mass is 209 g/mol. The van der Waals surface area contributed by atoms with Gasteiger partial charge in [0.2, 0.25) is 0 Å². The number of alkyl carbamates (subject to hydrolysis) is 1. The lowest BCUT2D eigenvalue weighted by Crippen LogP contribution is -2.24. The molecular weight excluding hydrogens is 194 g/mol. The quantitative estimate of drug-likeness (QED) is 0.547. The van der Waals surface area contributed by atoms with Crippen LogP contribution in [0.3, 0.4) is 0 Å². The smallest absolute Gasteiger partial charge is 0.407 e. The maximum Gasteiger partial charge on any atom is 0.407 e. The molecule has 1 aromatic heterocycles. The molecule has 0 aromatic carbocycles. The lowest BCUT2D eigenvalue weighted by molar-refractivity contribution is 0.146. The first-order valence-corrected chi connectivity index (χ1v) is 4.81. The molecule has 0 atom stereocenters. The van der Waals surface area contributed by atoms with Gasteiger partial charge in [-0.05, 0) is 12.8 Å². The lowest BCUT2D eigenvalue weighted by atomic mass is 10.3. The van der Waals surface area contributed by atoms with Gasteiger partial charge in [-0.15, -0.1) is 6.58 Å². The third kappa shape index (κ3) is 4.85. The summed E-state index contributed by atoms with van der Waals surface area (Å²) in [5, 5.41) is 2.53. The first-order chi connectivity index (χ1) is 7.33. The van der Waals surface area contributed by atoms with Crippen molar-refractivity contribution in [3.8, 4) is 0 Å². The molecule has 0 saturated heterocycles. The van der Waals surface area contributed by atoms with Gasteiger partial charge >= 0.3 is 6.09 Å². The average Bonchev–Trinajstić information content (AvgIpc) is 2.74. The van der Waals surface area contributed by atoms with Crippen molar-refractivity contribution < 1.29 is 9.53 Å². The number of aromatic amines is 1. The number of imidazole rings is 1. The molecule has 0 unspecified atom stereocenters. The number of carbonyl (C=O) groups is 1. The van der Waals surface area contributed by atoms with Crippen LogP contribution in [0.4, 0.5) is 4.79 Å². The minimum absolute atomic E-state index is 0.403. The van der Waals surface area contributed by atoms with Gasteiger partial charge in [-0.2, -0.15) is 0 Å². The number of aromatic nitrogens is 2. The predicted molar refractivity (Wildman–Crippen MR) is 56.5 cm³/mol. The van der Waals surface area contributed by atoms with Gasteiger partial charge < -0.3 is 15.0 Å². The van der Waals surface area contributed by atoms with Crippen LogP contribution >= 0.6 is 0 Å². The number of nitrogens with zero attached hydrogens (tertiary/aromatic N) is 1. The van der Waals surface area contributed by atoms with Crippen molar-refractivity contribution in [1.82, 2.24) is 15.3 Å². The molecule has 15 heavy (non-hydrogen) atoms. The van der Waals surface area contributed by atoms with Crippen molar-refractivity contribution >= 4 is 6.09 Å². The number of amides is 1. The zero-order valence-corrected chi connectivity index (χ0v) is 8.53. The van der Waals surface area contributed by atoms with Crippen LogP contribution < -0.4 is 5.32 Å². The van der Waals surface area contributed by atoms with E-state index >= 15 is 0 Å². The van der Waals surface area contributed by atoms with E-state index in [1.807, 2.05) is 0 Å². The summed E-state index contributed by atoms with van der Waals surface area (Å²) in [7, 11) is 0. The Bertz CT molecular complexity index is 296. The highest BCUT2D eigenvalue weighted by Gasteiger charge is 1.99. The Morgan fingerprint density at radius 2 is 2.60 bits per heavy atom. The predicted octanol–water partition coefficient (Wildman–Crippen LogP) is 1.25. The fourth-order valence-corrected chi connectivity index (χ4v) is 1.06. The van der Waals surface area contributed by atoms with Crippen molar-refractivity contribution in [3.05, 3.63) is 30.9 Å². The van der Waals surface area contributed by atoms with E-state index in [2.05, 4.69) is 21.9 Å². The van der Waals surface area contributed by atoms with Gasteiger partial charge in [0.25, 0.3) is 0 Å². The second-order valence-electron chi connectivity index (χ2n) is 2.99. The maximum absolute atomic E-state index is 11.0. The number of hydrogen-bond acceptors (Lipinski definition) is 3. The van der Waals surface area contributed by atoms with Gasteiger partial charge in [0, 0.05) is 18.4 Å². The zero-order valence-electron chi connectivity index (χ0n) is 8.53. The lowest BCUT2D eigenvalue weighted by Gasteiger charge is -2.04. The second kappa shape index (κ2) is 6.64. The Balaban J connectivity index is 2.01. The number of ether oxygens (including phenoxy) is 1. The molecule has 2 N–H and O–H groups in total. The van der Waals surface area contributed by atoms with E-state index in [0.717, 1.165) is 18.5 Å². The van der Waals surface area contributed by atoms with Crippen LogP contribution in [0.5, 0.6) is 0 Å². The molecule has 0 saturated carbocycles. The highest BCUT2D eigenvalue weighted by molar-refractivity contribution is 5.67. The summed E-state index contributed by atoms with van der Waals surface area (Å²) in [4.78, 5) is 17.8. The van der Waals surface area contributed by atoms with E-state index in [9.17, 15) is 4.79 Å². The summed E-state index contributed by atoms with van der Waals surface area (Å²) < 4.78 is 4.91. The summed E-state index contributed by atoms with van der Waals surface area (Å²) in [5.74, 6) is 0. The number of H-pyrrole nitrogens is 1. The number of carbonyl (C=O) groups excluding carboxylic acids is 1. The van der Waals surface area contributed by atoms with Crippen LogP contribution in [0.2, 0.25) is 0 Å². The van der Waals surface area contributed by atoms with Crippen LogP contribution in [0, 0.1) is 0 Å². The summed E-state index contributed by atoms with van der Waals surface area (Å²) in [5.41, 5.74) is 1.05. The van der Waals surface area contributed by atoms with Crippen LogP contribution in [0.15, 0.2) is 25.2 Å². The summed E-state index contributed by atoms with van der Waals surface area (Å²) in [6, 6.07) is 0. The van der Waals surface area contributed by atoms with Crippen LogP contribution in [0.1, 0.15) is 12.1 Å². The molecule has 0 radical (unpaired) electrons. The average molecular weight is 209 g/mol. The van der Waals surface area contributed by atoms with E-state index in [-0.39, 0.29) is 0 Å². The molecule has 0 aliphatic rings. The van der Waals surface area contributed by atoms with Gasteiger partial charge in [0.1, 0.15) is 0 Å². The third-order valence-electron chi connectivity index (χ3n) is 1.77. The number of rotatable bonds is 6. The van der Waals surface area contributed by atoms with E-state index in [0.29, 0.717) is 13.2 Å². The van der Waals surface area contributed by atoms with Crippen molar-refractivity contribution in [2.24, 2.45) is 0 Å². The minimum Gasteiger partial charge on any atom is -0.450 e. The Hall–Kier alpha value is -1.78. The van der Waals surface area contributed by atoms with E-state index < -0.39 is 6.09 Å². The molecule has 0 bridgehead atoms. The van der Waals surface area contributed by atoms with Crippen molar-refractivity contribution in [2.45, 2.75) is 12.8 Å². The van der Waals surface area contributed by atoms with E-state index in [1.165, 1.54) is 0 Å². The molecule has 1 amide bonds. The zero-order chi connectivity index (χ0) is 10.9. The Kier molecular flexibility index (Phi) is 5.00.